The molecule has 2 aliphatic rings. The van der Waals surface area contributed by atoms with Gasteiger partial charge in [-0.15, -0.1) is 12.4 Å². The second kappa shape index (κ2) is 10.0. The van der Waals surface area contributed by atoms with Gasteiger partial charge in [0.25, 0.3) is 11.8 Å². The first-order chi connectivity index (χ1) is 14.1. The zero-order valence-corrected chi connectivity index (χ0v) is 17.8. The highest BCUT2D eigenvalue weighted by Gasteiger charge is 2.32. The number of carbonyl (C=O) groups is 3. The van der Waals surface area contributed by atoms with Crippen LogP contribution < -0.4 is 10.6 Å². The maximum atomic E-state index is 12.8. The van der Waals surface area contributed by atoms with Gasteiger partial charge in [-0.3, -0.25) is 19.3 Å². The predicted molar refractivity (Wildman–Crippen MR) is 119 cm³/mol. The first-order valence-electron chi connectivity index (χ1n) is 10.5. The van der Waals surface area contributed by atoms with E-state index in [2.05, 4.69) is 10.6 Å². The molecule has 4 rings (SSSR count). The normalized spacial score (nSPS) is 18.3. The summed E-state index contributed by atoms with van der Waals surface area (Å²) in [6, 6.07) is 11.0. The summed E-state index contributed by atoms with van der Waals surface area (Å²) < 4.78 is 0. The zero-order chi connectivity index (χ0) is 20.2. The lowest BCUT2D eigenvalue weighted by atomic mass is 9.94. The van der Waals surface area contributed by atoms with Gasteiger partial charge in [-0.2, -0.15) is 0 Å². The molecule has 2 N–H and O–H groups in total. The van der Waals surface area contributed by atoms with Gasteiger partial charge in [0, 0.05) is 36.0 Å². The fraction of sp³-hybridized carbons (Fsp3) is 0.435. The van der Waals surface area contributed by atoms with E-state index >= 15 is 0 Å². The Bertz CT molecular complexity index is 890. The molecule has 7 heteroatoms. The summed E-state index contributed by atoms with van der Waals surface area (Å²) in [5, 5.41) is 7.98. The van der Waals surface area contributed by atoms with E-state index in [-0.39, 0.29) is 36.7 Å². The molecule has 0 bridgehead atoms. The molecule has 2 aromatic rings. The Balaban J connectivity index is 0.00000256. The van der Waals surface area contributed by atoms with Gasteiger partial charge < -0.3 is 10.6 Å². The molecule has 2 heterocycles. The minimum Gasteiger partial charge on any atom is -0.356 e. The van der Waals surface area contributed by atoms with Gasteiger partial charge in [-0.1, -0.05) is 24.3 Å². The van der Waals surface area contributed by atoms with Crippen LogP contribution in [0.25, 0.3) is 10.8 Å². The van der Waals surface area contributed by atoms with Crippen molar-refractivity contribution in [1.29, 1.82) is 0 Å². The van der Waals surface area contributed by atoms with Crippen LogP contribution in [0.4, 0.5) is 0 Å². The molecule has 0 aromatic heterocycles. The average Bonchev–Trinajstić information content (AvgIpc) is 2.75. The molecule has 1 saturated heterocycles. The van der Waals surface area contributed by atoms with Crippen molar-refractivity contribution in [2.45, 2.75) is 32.1 Å². The van der Waals surface area contributed by atoms with Crippen molar-refractivity contribution in [3.05, 3.63) is 47.5 Å². The van der Waals surface area contributed by atoms with Crippen molar-refractivity contribution in [2.75, 3.05) is 26.2 Å². The summed E-state index contributed by atoms with van der Waals surface area (Å²) in [5.41, 5.74) is 1.12. The zero-order valence-electron chi connectivity index (χ0n) is 17.0. The van der Waals surface area contributed by atoms with Crippen LogP contribution in [0, 0.1) is 5.92 Å². The van der Waals surface area contributed by atoms with E-state index in [9.17, 15) is 14.4 Å². The standard InChI is InChI=1S/C23H27N3O3.ClH/c27-20(25-13-11-16-5-3-12-24-15-16)10-4-14-26-22(28)18-8-1-6-17-7-2-9-19(21(17)18)23(26)29;/h1-2,6-9,16,24H,3-5,10-15H2,(H,25,27);1H. The lowest BCUT2D eigenvalue weighted by molar-refractivity contribution is -0.121. The third kappa shape index (κ3) is 4.65. The van der Waals surface area contributed by atoms with Crippen LogP contribution in [0.15, 0.2) is 36.4 Å². The number of nitrogens with one attached hydrogen (secondary N) is 2. The molecule has 6 nitrogen and oxygen atoms in total. The number of imide groups is 1. The number of benzene rings is 2. The molecule has 1 unspecified atom stereocenters. The number of carbonyl (C=O) groups excluding carboxylic acids is 3. The van der Waals surface area contributed by atoms with E-state index in [0.717, 1.165) is 30.3 Å². The second-order valence-electron chi connectivity index (χ2n) is 7.93. The second-order valence-corrected chi connectivity index (χ2v) is 7.93. The Labute approximate surface area is 182 Å². The molecule has 0 aliphatic carbocycles. The Morgan fingerprint density at radius 2 is 1.80 bits per heavy atom. The van der Waals surface area contributed by atoms with Crippen molar-refractivity contribution in [3.8, 4) is 0 Å². The van der Waals surface area contributed by atoms with Gasteiger partial charge in [-0.05, 0) is 62.2 Å². The third-order valence-corrected chi connectivity index (χ3v) is 5.92. The minimum atomic E-state index is -0.274. The van der Waals surface area contributed by atoms with E-state index in [1.165, 1.54) is 17.7 Å². The van der Waals surface area contributed by atoms with Crippen LogP contribution in [0.5, 0.6) is 0 Å². The van der Waals surface area contributed by atoms with Gasteiger partial charge >= 0.3 is 0 Å². The molecule has 1 atom stereocenters. The average molecular weight is 430 g/mol. The number of nitrogens with zero attached hydrogens (tertiary/aromatic N) is 1. The molecule has 160 valence electrons. The fourth-order valence-electron chi connectivity index (χ4n) is 4.36. The molecular weight excluding hydrogens is 402 g/mol. The molecule has 3 amide bonds. The molecule has 2 aliphatic heterocycles. The van der Waals surface area contributed by atoms with Crippen molar-refractivity contribution < 1.29 is 14.4 Å². The highest BCUT2D eigenvalue weighted by atomic mass is 35.5. The maximum absolute atomic E-state index is 12.8. The van der Waals surface area contributed by atoms with Gasteiger partial charge in [0.2, 0.25) is 5.91 Å². The largest absolute Gasteiger partial charge is 0.356 e. The number of halogens is 1. The van der Waals surface area contributed by atoms with Crippen molar-refractivity contribution in [1.82, 2.24) is 15.5 Å². The molecule has 0 radical (unpaired) electrons. The summed E-state index contributed by atoms with van der Waals surface area (Å²) in [4.78, 5) is 39.1. The molecular formula is C23H28ClN3O3. The van der Waals surface area contributed by atoms with Gasteiger partial charge in [0.05, 0.1) is 0 Å². The molecule has 30 heavy (non-hydrogen) atoms. The van der Waals surface area contributed by atoms with Gasteiger partial charge in [0.1, 0.15) is 0 Å². The van der Waals surface area contributed by atoms with E-state index in [0.29, 0.717) is 36.4 Å². The third-order valence-electron chi connectivity index (χ3n) is 5.92. The van der Waals surface area contributed by atoms with E-state index in [1.807, 2.05) is 24.3 Å². The SMILES string of the molecule is Cl.O=C(CCCN1C(=O)c2cccc3cccc(c23)C1=O)NCCC1CCCNC1. The fourth-order valence-corrected chi connectivity index (χ4v) is 4.36. The van der Waals surface area contributed by atoms with Crippen molar-refractivity contribution in [3.63, 3.8) is 0 Å². The van der Waals surface area contributed by atoms with Gasteiger partial charge in [0.15, 0.2) is 0 Å². The van der Waals surface area contributed by atoms with Crippen LogP contribution in [0.3, 0.4) is 0 Å². The minimum absolute atomic E-state index is 0. The number of amides is 3. The number of hydrogen-bond acceptors (Lipinski definition) is 4. The van der Waals surface area contributed by atoms with Crippen molar-refractivity contribution >= 4 is 40.9 Å². The summed E-state index contributed by atoms with van der Waals surface area (Å²) in [6.07, 6.45) is 4.19. The Morgan fingerprint density at radius 1 is 1.10 bits per heavy atom. The molecule has 2 aromatic carbocycles. The van der Waals surface area contributed by atoms with Crippen LogP contribution in [0.2, 0.25) is 0 Å². The Kier molecular flexibility index (Phi) is 7.45. The quantitative estimate of drug-likeness (QED) is 0.663. The van der Waals surface area contributed by atoms with Crippen LogP contribution >= 0.6 is 12.4 Å². The number of hydrogen-bond donors (Lipinski definition) is 2. The highest BCUT2D eigenvalue weighted by molar-refractivity contribution is 6.25. The maximum Gasteiger partial charge on any atom is 0.261 e. The van der Waals surface area contributed by atoms with E-state index in [4.69, 9.17) is 0 Å². The molecule has 0 saturated carbocycles. The first kappa shape index (κ1) is 22.2. The number of piperidine rings is 1. The Morgan fingerprint density at radius 3 is 2.43 bits per heavy atom. The smallest absolute Gasteiger partial charge is 0.261 e. The topological polar surface area (TPSA) is 78.5 Å². The van der Waals surface area contributed by atoms with Crippen molar-refractivity contribution in [2.24, 2.45) is 5.92 Å². The summed E-state index contributed by atoms with van der Waals surface area (Å²) >= 11 is 0. The van der Waals surface area contributed by atoms with Crippen LogP contribution in [-0.2, 0) is 4.79 Å². The number of rotatable bonds is 7. The monoisotopic (exact) mass is 429 g/mol. The summed E-state index contributed by atoms with van der Waals surface area (Å²) in [5.74, 6) is 0.0672. The van der Waals surface area contributed by atoms with E-state index in [1.54, 1.807) is 12.1 Å². The van der Waals surface area contributed by atoms with Crippen LogP contribution in [0.1, 0.15) is 52.8 Å². The lowest BCUT2D eigenvalue weighted by Crippen LogP contribution is -2.41. The first-order valence-corrected chi connectivity index (χ1v) is 10.5. The lowest BCUT2D eigenvalue weighted by Gasteiger charge is -2.27. The van der Waals surface area contributed by atoms with Crippen LogP contribution in [-0.4, -0.2) is 48.8 Å². The summed E-state index contributed by atoms with van der Waals surface area (Å²) in [6.45, 7) is 3.06. The Hall–Kier alpha value is -2.44. The molecule has 0 spiro atoms. The predicted octanol–water partition coefficient (Wildman–Crippen LogP) is 3.14. The summed E-state index contributed by atoms with van der Waals surface area (Å²) in [7, 11) is 0. The van der Waals surface area contributed by atoms with E-state index < -0.39 is 0 Å². The molecule has 1 fully saturated rings. The highest BCUT2D eigenvalue weighted by Crippen LogP contribution is 2.30. The van der Waals surface area contributed by atoms with Gasteiger partial charge in [-0.25, -0.2) is 0 Å².